The van der Waals surface area contributed by atoms with E-state index in [9.17, 15) is 132 Å². The topological polar surface area (TPSA) is 18.5 Å². The zero-order valence-corrected chi connectivity index (χ0v) is 25.7. The van der Waals surface area contributed by atoms with Crippen LogP contribution >= 0.6 is 9.03 Å². The van der Waals surface area contributed by atoms with Gasteiger partial charge in [0.1, 0.15) is 5.57 Å². The lowest BCUT2D eigenvalue weighted by atomic mass is 9.76. The molecule has 0 spiro atoms. The molecule has 55 heavy (non-hydrogen) atoms. The van der Waals surface area contributed by atoms with Gasteiger partial charge in [-0.05, 0) is 13.8 Å². The van der Waals surface area contributed by atoms with Gasteiger partial charge in [-0.1, -0.05) is 14.9 Å². The average molecular weight is 918 g/mol. The monoisotopic (exact) mass is 918 g/mol. The second-order valence-corrected chi connectivity index (χ2v) is 9.92. The molecule has 0 saturated carbocycles. The summed E-state index contributed by atoms with van der Waals surface area (Å²) >= 11 is 0. The summed E-state index contributed by atoms with van der Waals surface area (Å²) in [5, 5.41) is 0. The summed E-state index contributed by atoms with van der Waals surface area (Å²) in [6.45, 7) is -2.05. The van der Waals surface area contributed by atoms with Gasteiger partial charge in [0.15, 0.2) is 9.03 Å². The fraction of sp³-hybridized carbons (Fsp3) is 0.818. The number of hydrogen-bond acceptors (Lipinski definition) is 2. The molecule has 0 radical (unpaired) electrons. The number of rotatable bonds is 6. The molecule has 33 heteroatoms. The van der Waals surface area contributed by atoms with Crippen LogP contribution in [0.1, 0.15) is 28.7 Å². The Morgan fingerprint density at radius 3 is 0.618 bits per heavy atom. The van der Waals surface area contributed by atoms with Crippen molar-refractivity contribution < 1.29 is 141 Å². The van der Waals surface area contributed by atoms with Crippen molar-refractivity contribution in [2.75, 3.05) is 14.2 Å². The lowest BCUT2D eigenvalue weighted by molar-refractivity contribution is -0.365. The molecular weight excluding hydrogens is 897 g/mol. The minimum absolute atomic E-state index is 0. The first-order valence-electron chi connectivity index (χ1n) is 11.4. The van der Waals surface area contributed by atoms with Gasteiger partial charge in [0.2, 0.25) is 0 Å². The third kappa shape index (κ3) is 13.4. The van der Waals surface area contributed by atoms with Crippen LogP contribution in [0.4, 0.5) is 132 Å². The number of alkyl halides is 30. The Hall–Kier alpha value is -2.27. The first-order valence-corrected chi connectivity index (χ1v) is 12.2. The van der Waals surface area contributed by atoms with Gasteiger partial charge in [0, 0.05) is 30.9 Å². The van der Waals surface area contributed by atoms with Crippen LogP contribution in [0.25, 0.3) is 0 Å². The summed E-state index contributed by atoms with van der Waals surface area (Å²) in [5.41, 5.74) is -33.7. The van der Waals surface area contributed by atoms with Crippen molar-refractivity contribution in [3.8, 4) is 0 Å². The Balaban J connectivity index is -0.000000283. The highest BCUT2D eigenvalue weighted by molar-refractivity contribution is 7.26. The lowest BCUT2D eigenvalue weighted by Crippen LogP contribution is -2.67. The van der Waals surface area contributed by atoms with Gasteiger partial charge < -0.3 is 9.05 Å². The molecule has 0 amide bonds. The van der Waals surface area contributed by atoms with Crippen LogP contribution in [0, 0.1) is 0 Å². The summed E-state index contributed by atoms with van der Waals surface area (Å²) in [7, 11) is 3.40. The van der Waals surface area contributed by atoms with Crippen LogP contribution in [0.2, 0.25) is 0 Å². The largest absolute Gasteiger partial charge is 0.457 e. The molecule has 0 aliphatic rings. The van der Waals surface area contributed by atoms with E-state index < -0.39 is 109 Å². The summed E-state index contributed by atoms with van der Waals surface area (Å²) in [4.78, 5) is 0. The third-order valence-electron chi connectivity index (χ3n) is 5.39. The van der Waals surface area contributed by atoms with Gasteiger partial charge in [-0.2, -0.15) is 123 Å². The van der Waals surface area contributed by atoms with E-state index in [2.05, 4.69) is 9.05 Å². The zero-order valence-electron chi connectivity index (χ0n) is 24.7. The molecule has 0 aromatic rings. The molecule has 0 aliphatic heterocycles. The van der Waals surface area contributed by atoms with Crippen molar-refractivity contribution in [3.05, 3.63) is 22.3 Å². The maximum absolute atomic E-state index is 13.9. The molecular formula is C22H21F30O2P. The molecule has 0 atom stereocenters. The molecule has 0 bridgehead atoms. The molecule has 0 rings (SSSR count). The molecule has 0 fully saturated rings. The first-order chi connectivity index (χ1) is 22.5. The van der Waals surface area contributed by atoms with Crippen LogP contribution in [0.15, 0.2) is 22.3 Å². The molecule has 0 aliphatic carbocycles. The molecule has 0 aromatic carbocycles. The zero-order chi connectivity index (χ0) is 44.4. The van der Waals surface area contributed by atoms with Gasteiger partial charge in [0.25, 0.3) is 0 Å². The van der Waals surface area contributed by atoms with E-state index in [-0.39, 0.29) is 23.9 Å². The van der Waals surface area contributed by atoms with E-state index in [1.807, 2.05) is 0 Å². The van der Waals surface area contributed by atoms with E-state index in [0.29, 0.717) is 0 Å². The molecule has 0 unspecified atom stereocenters. The predicted molar refractivity (Wildman–Crippen MR) is 127 cm³/mol. The quantitative estimate of drug-likeness (QED) is 0.150. The highest BCUT2D eigenvalue weighted by atomic mass is 31.1. The van der Waals surface area contributed by atoms with Gasteiger partial charge in [-0.3, -0.25) is 0 Å². The molecule has 2 nitrogen and oxygen atoms in total. The van der Waals surface area contributed by atoms with E-state index in [1.165, 1.54) is 0 Å². The number of hydrogen-bond donors (Lipinski definition) is 0. The minimum atomic E-state index is -8.28. The number of halogens is 30. The Morgan fingerprint density at radius 1 is 0.327 bits per heavy atom. The van der Waals surface area contributed by atoms with E-state index in [0.717, 1.165) is 0 Å². The Kier molecular flexibility index (Phi) is 20.9. The molecule has 0 aromatic heterocycles. The Morgan fingerprint density at radius 2 is 0.509 bits per heavy atom. The van der Waals surface area contributed by atoms with Crippen LogP contribution in [-0.4, -0.2) is 86.8 Å². The van der Waals surface area contributed by atoms with Crippen LogP contribution in [-0.2, 0) is 9.05 Å². The molecule has 0 saturated heterocycles. The maximum Gasteiger partial charge on any atom is 0.457 e. The standard InChI is InChI=1S/C11H3F19.C7H3F11.C2H7O2P.2CH4/c1-2(6(14,15)11(28,29)30)3(4(12,7(16,17)18)8(19,20)21)5(13,9(22,23)24)10(25,26)27;1-2(4(8,9)7(16,17)18)3(5(10,11)12)6(13,14)15;1-3-5-4-2;;/h1H3;1H3;5H,1-2H3;2*1H4. The first kappa shape index (κ1) is 61.9. The summed E-state index contributed by atoms with van der Waals surface area (Å²) < 4.78 is 383. The van der Waals surface area contributed by atoms with Crippen molar-refractivity contribution in [1.82, 2.24) is 0 Å². The summed E-state index contributed by atoms with van der Waals surface area (Å²) in [5.74, 6) is -13.6. The van der Waals surface area contributed by atoms with E-state index in [1.54, 1.807) is 14.2 Å². The SMILES string of the molecule is C.C.CC(=C(C(F)(C(F)(F)F)C(F)(F)F)C(F)(C(F)(F)F)C(F)(F)F)C(F)(F)C(F)(F)F.CC(=C(C(F)(F)F)C(F)(F)F)C(F)(F)C(F)(F)F.COPOC. The number of allylic oxidation sites excluding steroid dienone is 4. The van der Waals surface area contributed by atoms with Gasteiger partial charge in [-0.25, -0.2) is 8.78 Å². The fourth-order valence-corrected chi connectivity index (χ4v) is 3.22. The Bertz CT molecular complexity index is 1160. The molecule has 0 heterocycles. The predicted octanol–water partition coefficient (Wildman–Crippen LogP) is 13.9. The van der Waals surface area contributed by atoms with Crippen molar-refractivity contribution in [1.29, 1.82) is 0 Å². The average Bonchev–Trinajstić information content (AvgIpc) is 2.83. The van der Waals surface area contributed by atoms with Crippen LogP contribution in [0.5, 0.6) is 0 Å². The Labute approximate surface area is 288 Å². The van der Waals surface area contributed by atoms with Crippen molar-refractivity contribution in [2.24, 2.45) is 0 Å². The molecule has 336 valence electrons. The highest BCUT2D eigenvalue weighted by Crippen LogP contribution is 2.63. The second kappa shape index (κ2) is 18.5. The second-order valence-electron chi connectivity index (χ2n) is 8.94. The van der Waals surface area contributed by atoms with Crippen molar-refractivity contribution >= 4 is 9.03 Å². The maximum atomic E-state index is 13.9. The van der Waals surface area contributed by atoms with Crippen LogP contribution < -0.4 is 0 Å². The lowest BCUT2D eigenvalue weighted by Gasteiger charge is -2.42. The molecule has 0 N–H and O–H groups in total. The third-order valence-corrected chi connectivity index (χ3v) is 5.72. The van der Waals surface area contributed by atoms with Gasteiger partial charge in [0.05, 0.1) is 0 Å². The van der Waals surface area contributed by atoms with Crippen molar-refractivity contribution in [3.63, 3.8) is 0 Å². The summed E-state index contributed by atoms with van der Waals surface area (Å²) in [6.07, 6.45) is -59.2. The fourth-order valence-electron chi connectivity index (χ4n) is 3.05. The van der Waals surface area contributed by atoms with Gasteiger partial charge in [-0.15, -0.1) is 0 Å². The smallest absolute Gasteiger partial charge is 0.340 e. The minimum Gasteiger partial charge on any atom is -0.340 e. The van der Waals surface area contributed by atoms with Gasteiger partial charge >= 0.3 is 72.6 Å². The van der Waals surface area contributed by atoms with Crippen LogP contribution in [0.3, 0.4) is 0 Å². The van der Waals surface area contributed by atoms with E-state index >= 15 is 0 Å². The van der Waals surface area contributed by atoms with E-state index in [4.69, 9.17) is 0 Å². The normalized spacial score (nSPS) is 14.3. The highest BCUT2D eigenvalue weighted by Gasteiger charge is 2.87. The van der Waals surface area contributed by atoms with Crippen molar-refractivity contribution in [2.45, 2.75) is 101 Å². The summed E-state index contributed by atoms with van der Waals surface area (Å²) in [6, 6.07) is 0.